The van der Waals surface area contributed by atoms with Gasteiger partial charge >= 0.3 is 18.4 Å². The molecule has 2 amide bonds. The number of ether oxygens (including phenoxy) is 2. The lowest BCUT2D eigenvalue weighted by molar-refractivity contribution is -0.143. The van der Waals surface area contributed by atoms with Crippen molar-refractivity contribution in [3.05, 3.63) is 45.4 Å². The number of anilines is 2. The van der Waals surface area contributed by atoms with E-state index in [-0.39, 0.29) is 33.3 Å². The number of carbonyl (C=O) groups is 1. The van der Waals surface area contributed by atoms with Crippen LogP contribution in [0.15, 0.2) is 24.3 Å². The fraction of sp³-hybridized carbons (Fsp3) is 0.235. The van der Waals surface area contributed by atoms with E-state index >= 15 is 0 Å². The normalized spacial score (nSPS) is 11.8. The van der Waals surface area contributed by atoms with E-state index in [9.17, 15) is 31.1 Å². The van der Waals surface area contributed by atoms with E-state index in [0.29, 0.717) is 12.1 Å². The van der Waals surface area contributed by atoms with Crippen LogP contribution in [0.2, 0.25) is 10.0 Å². The SMILES string of the molecule is COc1c(Cl)cc(Cl)c(OC)c1NC(=O)Nc1cc(C(F)(F)F)cc(C(F)(F)F)c1. The third kappa shape index (κ3) is 5.33. The molecule has 0 fully saturated rings. The summed E-state index contributed by atoms with van der Waals surface area (Å²) in [6.45, 7) is 0. The Morgan fingerprint density at radius 1 is 0.800 bits per heavy atom. The molecular formula is C17H12Cl2F6N2O3. The molecule has 5 nitrogen and oxygen atoms in total. The van der Waals surface area contributed by atoms with Crippen molar-refractivity contribution in [1.29, 1.82) is 0 Å². The zero-order valence-electron chi connectivity index (χ0n) is 15.1. The molecule has 2 aromatic rings. The molecule has 0 aliphatic carbocycles. The molecule has 0 atom stereocenters. The van der Waals surface area contributed by atoms with Crippen LogP contribution >= 0.6 is 23.2 Å². The second kappa shape index (κ2) is 8.68. The summed E-state index contributed by atoms with van der Waals surface area (Å²) in [4.78, 5) is 12.3. The van der Waals surface area contributed by atoms with Gasteiger partial charge in [0.05, 0.1) is 35.4 Å². The summed E-state index contributed by atoms with van der Waals surface area (Å²) < 4.78 is 87.8. The van der Waals surface area contributed by atoms with Gasteiger partial charge in [-0.05, 0) is 24.3 Å². The smallest absolute Gasteiger partial charge is 0.416 e. The molecule has 0 unspecified atom stereocenters. The lowest BCUT2D eigenvalue weighted by atomic mass is 10.1. The number of nitrogens with one attached hydrogen (secondary N) is 2. The van der Waals surface area contributed by atoms with Gasteiger partial charge in [0.2, 0.25) is 0 Å². The minimum absolute atomic E-state index is 0.0305. The van der Waals surface area contributed by atoms with Crippen LogP contribution in [0.25, 0.3) is 0 Å². The summed E-state index contributed by atoms with van der Waals surface area (Å²) in [5.74, 6) is -0.179. The fourth-order valence-electron chi connectivity index (χ4n) is 2.40. The highest BCUT2D eigenvalue weighted by Gasteiger charge is 2.37. The standard InChI is InChI=1S/C17H12Cl2F6N2O3/c1-29-13-10(18)6-11(19)14(30-2)12(13)27-15(28)26-9-4-7(16(20,21)22)3-8(5-9)17(23,24)25/h3-6H,1-2H3,(H2,26,27,28). The zero-order valence-corrected chi connectivity index (χ0v) is 16.6. The number of halogens is 8. The molecule has 0 radical (unpaired) electrons. The molecule has 0 bridgehead atoms. The van der Waals surface area contributed by atoms with Crippen LogP contribution in [-0.4, -0.2) is 20.3 Å². The second-order valence-electron chi connectivity index (χ2n) is 5.66. The third-order valence-electron chi connectivity index (χ3n) is 3.63. The Hall–Kier alpha value is -2.53. The van der Waals surface area contributed by atoms with E-state index in [0.717, 1.165) is 0 Å². The van der Waals surface area contributed by atoms with Crippen molar-refractivity contribution >= 4 is 40.6 Å². The van der Waals surface area contributed by atoms with Crippen LogP contribution in [0.1, 0.15) is 11.1 Å². The lowest BCUT2D eigenvalue weighted by Gasteiger charge is -2.18. The Labute approximate surface area is 175 Å². The number of rotatable bonds is 4. The van der Waals surface area contributed by atoms with Crippen molar-refractivity contribution in [2.45, 2.75) is 12.4 Å². The Kier molecular flexibility index (Phi) is 6.87. The summed E-state index contributed by atoms with van der Waals surface area (Å²) >= 11 is 11.9. The number of alkyl halides is 6. The van der Waals surface area contributed by atoms with Gasteiger partial charge in [-0.15, -0.1) is 0 Å². The van der Waals surface area contributed by atoms with Crippen molar-refractivity contribution in [2.75, 3.05) is 24.9 Å². The fourth-order valence-corrected chi connectivity index (χ4v) is 3.02. The van der Waals surface area contributed by atoms with E-state index in [1.807, 2.05) is 5.32 Å². The van der Waals surface area contributed by atoms with E-state index in [1.54, 1.807) is 0 Å². The monoisotopic (exact) mass is 476 g/mol. The van der Waals surface area contributed by atoms with E-state index in [4.69, 9.17) is 32.7 Å². The number of amides is 2. The summed E-state index contributed by atoms with van der Waals surface area (Å²) in [5.41, 5.74) is -4.11. The van der Waals surface area contributed by atoms with Crippen LogP contribution in [0.5, 0.6) is 11.5 Å². The third-order valence-corrected chi connectivity index (χ3v) is 4.20. The Morgan fingerprint density at radius 2 is 1.23 bits per heavy atom. The maximum atomic E-state index is 12.9. The van der Waals surface area contributed by atoms with Gasteiger partial charge in [-0.25, -0.2) is 4.79 Å². The Bertz CT molecular complexity index is 903. The lowest BCUT2D eigenvalue weighted by Crippen LogP contribution is -2.21. The summed E-state index contributed by atoms with van der Waals surface area (Å²) in [6, 6.07) is 0.707. The summed E-state index contributed by atoms with van der Waals surface area (Å²) in [6.07, 6.45) is -10.1. The molecule has 0 saturated heterocycles. The molecule has 13 heteroatoms. The van der Waals surface area contributed by atoms with Gasteiger partial charge in [-0.2, -0.15) is 26.3 Å². The molecule has 164 valence electrons. The first-order valence-corrected chi connectivity index (χ1v) is 8.51. The maximum absolute atomic E-state index is 12.9. The van der Waals surface area contributed by atoms with Crippen LogP contribution < -0.4 is 20.1 Å². The van der Waals surface area contributed by atoms with Crippen LogP contribution in [0.3, 0.4) is 0 Å². The van der Waals surface area contributed by atoms with Gasteiger partial charge in [-0.1, -0.05) is 23.2 Å². The Balaban J connectivity index is 2.42. The molecule has 0 aromatic heterocycles. The number of carbonyl (C=O) groups excluding carboxylic acids is 1. The molecule has 0 aliphatic heterocycles. The summed E-state index contributed by atoms with van der Waals surface area (Å²) in [7, 11) is 2.42. The number of hydrogen-bond donors (Lipinski definition) is 2. The van der Waals surface area contributed by atoms with Crippen LogP contribution in [-0.2, 0) is 12.4 Å². The maximum Gasteiger partial charge on any atom is 0.416 e. The van der Waals surface area contributed by atoms with Crippen molar-refractivity contribution in [3.63, 3.8) is 0 Å². The number of urea groups is 1. The van der Waals surface area contributed by atoms with Crippen molar-refractivity contribution < 1.29 is 40.6 Å². The van der Waals surface area contributed by atoms with Gasteiger partial charge in [0.25, 0.3) is 0 Å². The Morgan fingerprint density at radius 3 is 1.60 bits per heavy atom. The van der Waals surface area contributed by atoms with Gasteiger partial charge in [0.1, 0.15) is 5.69 Å². The largest absolute Gasteiger partial charge is 0.493 e. The quantitative estimate of drug-likeness (QED) is 0.483. The van der Waals surface area contributed by atoms with Gasteiger partial charge in [0.15, 0.2) is 11.5 Å². The first-order valence-electron chi connectivity index (χ1n) is 7.75. The first-order chi connectivity index (χ1) is 13.8. The molecule has 2 aromatic carbocycles. The predicted molar refractivity (Wildman–Crippen MR) is 98.7 cm³/mol. The van der Waals surface area contributed by atoms with Gasteiger partial charge in [0, 0.05) is 5.69 Å². The summed E-state index contributed by atoms with van der Waals surface area (Å²) in [5, 5.41) is 4.04. The molecule has 0 heterocycles. The number of methoxy groups -OCH3 is 2. The minimum Gasteiger partial charge on any atom is -0.493 e. The minimum atomic E-state index is -5.07. The molecule has 0 spiro atoms. The number of hydrogen-bond acceptors (Lipinski definition) is 3. The van der Waals surface area contributed by atoms with Crippen molar-refractivity contribution in [1.82, 2.24) is 0 Å². The second-order valence-corrected chi connectivity index (χ2v) is 6.47. The van der Waals surface area contributed by atoms with Crippen molar-refractivity contribution in [3.8, 4) is 11.5 Å². The molecule has 0 saturated carbocycles. The molecule has 0 aliphatic rings. The molecule has 2 rings (SSSR count). The zero-order chi connectivity index (χ0) is 22.9. The first kappa shape index (κ1) is 23.7. The van der Waals surface area contributed by atoms with E-state index < -0.39 is 35.2 Å². The topological polar surface area (TPSA) is 59.6 Å². The molecular weight excluding hydrogens is 465 g/mol. The highest BCUT2D eigenvalue weighted by Crippen LogP contribution is 2.45. The average molecular weight is 477 g/mol. The molecule has 30 heavy (non-hydrogen) atoms. The number of benzene rings is 2. The highest BCUT2D eigenvalue weighted by atomic mass is 35.5. The predicted octanol–water partition coefficient (Wildman–Crippen LogP) is 6.69. The molecule has 2 N–H and O–H groups in total. The van der Waals surface area contributed by atoms with E-state index in [2.05, 4.69) is 5.32 Å². The van der Waals surface area contributed by atoms with Crippen molar-refractivity contribution in [2.24, 2.45) is 0 Å². The van der Waals surface area contributed by atoms with E-state index in [1.165, 1.54) is 20.3 Å². The average Bonchev–Trinajstić information content (AvgIpc) is 2.60. The van der Waals surface area contributed by atoms with Gasteiger partial charge in [-0.3, -0.25) is 0 Å². The highest BCUT2D eigenvalue weighted by molar-refractivity contribution is 6.37. The van der Waals surface area contributed by atoms with Gasteiger partial charge < -0.3 is 20.1 Å². The van der Waals surface area contributed by atoms with Crippen LogP contribution in [0.4, 0.5) is 42.5 Å². The van der Waals surface area contributed by atoms with Crippen LogP contribution in [0, 0.1) is 0 Å².